The van der Waals surface area contributed by atoms with Gasteiger partial charge in [-0.25, -0.2) is 0 Å². The van der Waals surface area contributed by atoms with Gasteiger partial charge in [0.25, 0.3) is 5.91 Å². The quantitative estimate of drug-likeness (QED) is 0.0213. The van der Waals surface area contributed by atoms with E-state index in [1.165, 1.54) is 31.2 Å². The van der Waals surface area contributed by atoms with Gasteiger partial charge in [0.1, 0.15) is 60.0 Å². The molecule has 32 heteroatoms. The Kier molecular flexibility index (Phi) is 22.2. The van der Waals surface area contributed by atoms with E-state index in [1.54, 1.807) is 18.2 Å². The van der Waals surface area contributed by atoms with E-state index in [4.69, 9.17) is 20.7 Å². The maximum Gasteiger partial charge on any atom is 0.446 e. The summed E-state index contributed by atoms with van der Waals surface area (Å²) in [5.74, 6) is -13.7. The smallest absolute Gasteiger partial charge is 0.446 e. The van der Waals surface area contributed by atoms with Crippen molar-refractivity contribution in [2.75, 3.05) is 19.7 Å². The first-order valence-corrected chi connectivity index (χ1v) is 29.7. The van der Waals surface area contributed by atoms with Gasteiger partial charge in [0.2, 0.25) is 35.4 Å². The number of nitrogens with one attached hydrogen (secondary N) is 2. The number of aromatic nitrogens is 1. The van der Waals surface area contributed by atoms with Gasteiger partial charge in [-0.2, -0.15) is 8.42 Å². The lowest BCUT2D eigenvalue weighted by Gasteiger charge is -2.34. The van der Waals surface area contributed by atoms with Crippen LogP contribution in [0.2, 0.25) is 0 Å². The van der Waals surface area contributed by atoms with Gasteiger partial charge >= 0.3 is 10.4 Å². The van der Waals surface area contributed by atoms with E-state index in [0.717, 1.165) is 43.2 Å². The number of β-amino-alcohol motifs (C(OH)–C–C–N with tert-alkyl or cyclic N) is 1. The fourth-order valence-corrected chi connectivity index (χ4v) is 11.3. The molecule has 3 fully saturated rings. The van der Waals surface area contributed by atoms with Gasteiger partial charge in [-0.05, 0) is 67.4 Å². The Labute approximate surface area is 508 Å². The molecule has 89 heavy (non-hydrogen) atoms. The molecule has 0 saturated carbocycles. The minimum atomic E-state index is -5.34. The fraction of sp³-hybridized carbons (Fsp3) is 0.491. The summed E-state index contributed by atoms with van der Waals surface area (Å²) in [6, 6.07) is 7.01. The van der Waals surface area contributed by atoms with Crippen LogP contribution in [0.4, 0.5) is 0 Å². The molecule has 3 aliphatic heterocycles. The van der Waals surface area contributed by atoms with Crippen molar-refractivity contribution in [2.45, 2.75) is 145 Å². The molecule has 1 aromatic heterocycles. The second kappa shape index (κ2) is 29.0. The Morgan fingerprint density at radius 3 is 2.04 bits per heavy atom. The molecule has 3 saturated heterocycles. The van der Waals surface area contributed by atoms with Gasteiger partial charge < -0.3 is 91.3 Å². The lowest BCUT2D eigenvalue weighted by molar-refractivity contribution is -0.149. The fourth-order valence-electron chi connectivity index (χ4n) is 10.9. The number of rotatable bonds is 27. The number of ether oxygens (including phenoxy) is 1. The molecule has 7 rings (SSSR count). The van der Waals surface area contributed by atoms with Crippen LogP contribution < -0.4 is 31.0 Å². The van der Waals surface area contributed by atoms with Crippen LogP contribution in [0.25, 0.3) is 22.6 Å². The molecular formula is C57H72N8O23S. The van der Waals surface area contributed by atoms with Crippen molar-refractivity contribution in [1.29, 1.82) is 0 Å². The molecule has 4 aromatic rings. The summed E-state index contributed by atoms with van der Waals surface area (Å²) in [4.78, 5) is 113. The van der Waals surface area contributed by atoms with Crippen LogP contribution in [0.3, 0.4) is 0 Å². The predicted molar refractivity (Wildman–Crippen MR) is 305 cm³/mol. The van der Waals surface area contributed by atoms with E-state index in [-0.39, 0.29) is 12.1 Å². The van der Waals surface area contributed by atoms with Gasteiger partial charge in [0.05, 0.1) is 43.4 Å². The zero-order chi connectivity index (χ0) is 65.5. The number of likely N-dealkylation sites (tertiary alicyclic amines) is 3. The summed E-state index contributed by atoms with van der Waals surface area (Å²) in [5, 5.41) is 108. The van der Waals surface area contributed by atoms with E-state index in [1.807, 2.05) is 12.1 Å². The van der Waals surface area contributed by atoms with E-state index in [2.05, 4.69) is 26.9 Å². The summed E-state index contributed by atoms with van der Waals surface area (Å²) < 4.78 is 48.1. The van der Waals surface area contributed by atoms with Gasteiger partial charge in [-0.1, -0.05) is 50.0 Å². The first-order chi connectivity index (χ1) is 41.9. The molecule has 31 nitrogen and oxygen atoms in total. The second-order valence-electron chi connectivity index (χ2n) is 22.3. The largest absolute Gasteiger partial charge is 0.504 e. The molecule has 0 radical (unpaired) electrons. The maximum atomic E-state index is 14.7. The number of hydrogen-bond acceptors (Lipinski definition) is 23. The zero-order valence-corrected chi connectivity index (χ0v) is 49.1. The summed E-state index contributed by atoms with van der Waals surface area (Å²) in [6.07, 6.45) is -16.3. The number of nitrogens with zero attached hydrogens (tertiary/aromatic N) is 4. The first-order valence-electron chi connectivity index (χ1n) is 28.3. The number of nitrogens with two attached hydrogens (primary N) is 2. The third-order valence-electron chi connectivity index (χ3n) is 15.7. The Morgan fingerprint density at radius 2 is 1.43 bits per heavy atom. The molecule has 3 aromatic carbocycles. The van der Waals surface area contributed by atoms with E-state index < -0.39 is 198 Å². The average Bonchev–Trinajstić information content (AvgIpc) is 2.18. The number of amides is 7. The first kappa shape index (κ1) is 68.3. The SMILES string of the molecule is CCCCCOc1ccc(-c2cc(-c3ccc(C(=O)N4C(O)[C@H](O)C[C@H]4C(=O)N[C@H](C(=O)N4C[C@H](O)C[C@H]4C(=O)N[C@H](C(=O)C[C@H](C(=O)N4C[C@H](C)[C@H](O)[C@H]4C(N)=O)[C@H](O)CC(N)=O)[C@H](O)[C@@H](O)c4ccc(O)c(OS(=O)(=O)O)c4)[C@@H](C)O)cc3)no2)cc1. The number of aromatic hydroxyl groups is 1. The van der Waals surface area contributed by atoms with Crippen molar-refractivity contribution in [3.05, 3.63) is 83.9 Å². The topological polar surface area (TPSA) is 503 Å². The van der Waals surface area contributed by atoms with Crippen molar-refractivity contribution in [3.8, 4) is 39.8 Å². The highest BCUT2D eigenvalue weighted by atomic mass is 32.3. The number of Topliss-reactive ketones (excluding diaryl/α,β-unsaturated/α-hetero) is 1. The van der Waals surface area contributed by atoms with E-state index in [9.17, 15) is 97.3 Å². The second-order valence-corrected chi connectivity index (χ2v) is 23.3. The minimum Gasteiger partial charge on any atom is -0.504 e. The number of ketones is 1. The molecule has 7 amide bonds. The molecule has 0 aliphatic carbocycles. The Morgan fingerprint density at radius 1 is 0.787 bits per heavy atom. The van der Waals surface area contributed by atoms with Crippen LogP contribution in [-0.2, 0) is 44.0 Å². The summed E-state index contributed by atoms with van der Waals surface area (Å²) in [7, 11) is -5.34. The van der Waals surface area contributed by atoms with Gasteiger partial charge in [-0.3, -0.25) is 47.8 Å². The average molecular weight is 1270 g/mol. The molecule has 0 spiro atoms. The molecular weight excluding hydrogens is 1200 g/mol. The molecule has 16 N–H and O–H groups in total. The number of carbonyl (C=O) groups is 8. The molecule has 1 unspecified atom stereocenters. The van der Waals surface area contributed by atoms with Crippen molar-refractivity contribution >= 4 is 57.5 Å². The van der Waals surface area contributed by atoms with Crippen molar-refractivity contribution in [3.63, 3.8) is 0 Å². The zero-order valence-electron chi connectivity index (χ0n) is 48.3. The van der Waals surface area contributed by atoms with Gasteiger partial charge in [0.15, 0.2) is 29.3 Å². The van der Waals surface area contributed by atoms with Crippen LogP contribution in [0.15, 0.2) is 77.3 Å². The van der Waals surface area contributed by atoms with Crippen molar-refractivity contribution < 1.29 is 111 Å². The molecule has 0 bridgehead atoms. The summed E-state index contributed by atoms with van der Waals surface area (Å²) >= 11 is 0. The van der Waals surface area contributed by atoms with Gasteiger partial charge in [0, 0.05) is 61.0 Å². The number of phenols is 1. The minimum absolute atomic E-state index is 0.0730. The highest BCUT2D eigenvalue weighted by Gasteiger charge is 2.51. The monoisotopic (exact) mass is 1270 g/mol. The van der Waals surface area contributed by atoms with Crippen LogP contribution >= 0.6 is 0 Å². The Balaban J connectivity index is 1.11. The summed E-state index contributed by atoms with van der Waals surface area (Å²) in [6.45, 7) is 4.08. The number of hydrogen-bond donors (Lipinski definition) is 14. The number of unbranched alkanes of at least 4 members (excludes halogenated alkanes) is 2. The molecule has 15 atom stereocenters. The number of primary amides is 2. The predicted octanol–water partition coefficient (Wildman–Crippen LogP) is -2.73. The lowest BCUT2D eigenvalue weighted by Crippen LogP contribution is -2.61. The van der Waals surface area contributed by atoms with Crippen molar-refractivity contribution in [2.24, 2.45) is 23.3 Å². The summed E-state index contributed by atoms with van der Waals surface area (Å²) in [5.41, 5.74) is 11.8. The number of carbonyl (C=O) groups excluding carboxylic acids is 8. The molecule has 3 aliphatic rings. The maximum absolute atomic E-state index is 14.7. The Bertz CT molecular complexity index is 3350. The highest BCUT2D eigenvalue weighted by Crippen LogP contribution is 2.35. The van der Waals surface area contributed by atoms with Gasteiger partial charge in [-0.15, -0.1) is 0 Å². The van der Waals surface area contributed by atoms with Crippen LogP contribution in [0, 0.1) is 11.8 Å². The lowest BCUT2D eigenvalue weighted by atomic mass is 9.86. The standard InChI is InChI=1S/C57H72N8O23S/c1-4-5-6-17-86-33-14-11-29(12-15-33)42-21-35(62-87-42)28-7-9-30(10-8-28)54(79)65-37(22-41(71)56(65)81)53(78)60-45(27(3)66)57(82)63-25-32(67)19-36(63)52(77)61-46(50(75)49(74)31-13-16-38(68)43(18-31)88-89(83,84)85)40(70)20-34(39(69)23-44(58)72)55(80)64-24-26(2)48(73)47(64)51(59)76/h7-16,18,21,26-27,32,34,36-37,39,41,45-50,56,66-69,71,73-75,81H,4-6,17,19-20,22-25H2,1-3H3,(H2,58,72)(H2,59,76)(H,60,78)(H,61,77)(H,83,84,85)/t26-,27+,32+,34-,36-,37-,39+,41+,45-,46+,47-,48-,49-,50-,56?/m0/s1. The van der Waals surface area contributed by atoms with Crippen LogP contribution in [0.1, 0.15) is 87.7 Å². The van der Waals surface area contributed by atoms with E-state index >= 15 is 0 Å². The van der Waals surface area contributed by atoms with E-state index in [0.29, 0.717) is 50.8 Å². The number of aliphatic hydroxyl groups is 8. The molecule has 484 valence electrons. The van der Waals surface area contributed by atoms with Crippen molar-refractivity contribution in [1.82, 2.24) is 30.5 Å². The Hall–Kier alpha value is -8.18. The normalized spacial score (nSPS) is 23.3. The third kappa shape index (κ3) is 16.2. The third-order valence-corrected chi connectivity index (χ3v) is 16.1. The van der Waals surface area contributed by atoms with Crippen LogP contribution in [0.5, 0.6) is 17.2 Å². The highest BCUT2D eigenvalue weighted by molar-refractivity contribution is 7.81. The molecule has 4 heterocycles. The number of benzene rings is 3. The number of aliphatic hydroxyl groups excluding tert-OH is 8. The number of phenolic OH excluding ortho intramolecular Hbond substituents is 1. The van der Waals surface area contributed by atoms with Crippen LogP contribution in [-0.4, -0.2) is 219 Å².